The molecule has 1 aliphatic carbocycles. The molecule has 0 aromatic heterocycles. The van der Waals surface area contributed by atoms with Gasteiger partial charge >= 0.3 is 6.09 Å². The Morgan fingerprint density at radius 1 is 1.25 bits per heavy atom. The third-order valence-electron chi connectivity index (χ3n) is 5.25. The van der Waals surface area contributed by atoms with Gasteiger partial charge in [-0.15, -0.1) is 0 Å². The summed E-state index contributed by atoms with van der Waals surface area (Å²) in [6.07, 6.45) is 2.59. The Bertz CT molecular complexity index is 580. The van der Waals surface area contributed by atoms with Crippen LogP contribution in [0.3, 0.4) is 0 Å². The van der Waals surface area contributed by atoms with E-state index in [0.29, 0.717) is 6.04 Å². The number of alkyl carbamates (subject to hydrolysis) is 1. The van der Waals surface area contributed by atoms with Gasteiger partial charge < -0.3 is 15.0 Å². The van der Waals surface area contributed by atoms with Crippen LogP contribution in [0.15, 0.2) is 18.2 Å². The van der Waals surface area contributed by atoms with Crippen molar-refractivity contribution in [3.8, 4) is 0 Å². The third kappa shape index (κ3) is 3.66. The third-order valence-corrected chi connectivity index (χ3v) is 5.25. The molecule has 1 saturated heterocycles. The van der Waals surface area contributed by atoms with Crippen molar-refractivity contribution in [1.29, 1.82) is 0 Å². The molecule has 5 heteroatoms. The van der Waals surface area contributed by atoms with E-state index in [-0.39, 0.29) is 12.2 Å². The summed E-state index contributed by atoms with van der Waals surface area (Å²) < 4.78 is 5.58. The van der Waals surface area contributed by atoms with Crippen LogP contribution in [0, 0.1) is 0 Å². The minimum Gasteiger partial charge on any atom is -0.441 e. The van der Waals surface area contributed by atoms with Gasteiger partial charge in [0.2, 0.25) is 0 Å². The predicted molar refractivity (Wildman–Crippen MR) is 96.6 cm³/mol. The molecule has 1 unspecified atom stereocenters. The van der Waals surface area contributed by atoms with Crippen molar-refractivity contribution >= 4 is 11.8 Å². The summed E-state index contributed by atoms with van der Waals surface area (Å²) in [6.45, 7) is 8.83. The summed E-state index contributed by atoms with van der Waals surface area (Å²) in [4.78, 5) is 16.6. The lowest BCUT2D eigenvalue weighted by Gasteiger charge is -2.38. The number of hydrogen-bond donors (Lipinski definition) is 1. The molecule has 0 bridgehead atoms. The van der Waals surface area contributed by atoms with Gasteiger partial charge in [0, 0.05) is 45.0 Å². The van der Waals surface area contributed by atoms with Gasteiger partial charge in [0.05, 0.1) is 0 Å². The number of nitrogens with one attached hydrogen (secondary N) is 1. The molecule has 1 aromatic carbocycles. The number of aryl methyl sites for hydroxylation is 1. The predicted octanol–water partition coefficient (Wildman–Crippen LogP) is 2.95. The maximum Gasteiger partial charge on any atom is 0.407 e. The normalized spacial score (nSPS) is 21.5. The Labute approximate surface area is 145 Å². The van der Waals surface area contributed by atoms with Gasteiger partial charge in [-0.3, -0.25) is 4.90 Å². The number of hydrogen-bond acceptors (Lipinski definition) is 4. The first kappa shape index (κ1) is 17.1. The average molecular weight is 331 g/mol. The summed E-state index contributed by atoms with van der Waals surface area (Å²) in [7, 11) is 1.61. The van der Waals surface area contributed by atoms with E-state index in [0.717, 1.165) is 45.4 Å². The van der Waals surface area contributed by atoms with Crippen LogP contribution >= 0.6 is 0 Å². The standard InChI is InChI=1S/C19H29N3O2/c1-14(2)21-9-11-22(12-10-21)16-8-7-15-5-4-6-18(17(15)13-16)24-19(23)20-3/h7-8,13-14,18H,4-6,9-12H2,1-3H3,(H,20,23). The number of fused-ring (bicyclic) bond motifs is 1. The highest BCUT2D eigenvalue weighted by atomic mass is 16.6. The van der Waals surface area contributed by atoms with E-state index in [1.807, 2.05) is 0 Å². The van der Waals surface area contributed by atoms with Gasteiger partial charge in [-0.25, -0.2) is 4.79 Å². The van der Waals surface area contributed by atoms with Gasteiger partial charge in [0.1, 0.15) is 6.10 Å². The Kier molecular flexibility index (Phi) is 5.29. The van der Waals surface area contributed by atoms with Gasteiger partial charge in [-0.1, -0.05) is 6.07 Å². The highest BCUT2D eigenvalue weighted by molar-refractivity contribution is 5.67. The lowest BCUT2D eigenvalue weighted by molar-refractivity contribution is 0.0892. The number of carbonyl (C=O) groups is 1. The van der Waals surface area contributed by atoms with Crippen molar-refractivity contribution in [2.75, 3.05) is 38.1 Å². The molecule has 1 amide bonds. The highest BCUT2D eigenvalue weighted by Gasteiger charge is 2.25. The molecule has 1 atom stereocenters. The molecule has 0 saturated carbocycles. The average Bonchev–Trinajstić information content (AvgIpc) is 2.61. The fourth-order valence-corrected chi connectivity index (χ4v) is 3.75. The lowest BCUT2D eigenvalue weighted by Crippen LogP contribution is -2.48. The molecule has 1 fully saturated rings. The largest absolute Gasteiger partial charge is 0.441 e. The molecule has 2 aliphatic rings. The van der Waals surface area contributed by atoms with Crippen LogP contribution in [-0.4, -0.2) is 50.3 Å². The van der Waals surface area contributed by atoms with E-state index in [9.17, 15) is 4.79 Å². The van der Waals surface area contributed by atoms with Gasteiger partial charge in [0.15, 0.2) is 0 Å². The molecule has 1 aromatic rings. The van der Waals surface area contributed by atoms with Crippen molar-refractivity contribution in [2.45, 2.75) is 45.3 Å². The molecular weight excluding hydrogens is 302 g/mol. The maximum atomic E-state index is 11.6. The van der Waals surface area contributed by atoms with Crippen molar-refractivity contribution < 1.29 is 9.53 Å². The molecule has 0 spiro atoms. The molecule has 1 heterocycles. The Hall–Kier alpha value is -1.75. The quantitative estimate of drug-likeness (QED) is 0.925. The van der Waals surface area contributed by atoms with Crippen molar-refractivity contribution in [2.24, 2.45) is 0 Å². The van der Waals surface area contributed by atoms with Crippen LogP contribution in [0.2, 0.25) is 0 Å². The number of anilines is 1. The second kappa shape index (κ2) is 7.43. The molecule has 5 nitrogen and oxygen atoms in total. The van der Waals surface area contributed by atoms with Crippen LogP contribution in [0.1, 0.15) is 43.9 Å². The molecule has 1 aliphatic heterocycles. The van der Waals surface area contributed by atoms with Gasteiger partial charge in [-0.2, -0.15) is 0 Å². The van der Waals surface area contributed by atoms with Crippen molar-refractivity contribution in [3.05, 3.63) is 29.3 Å². The number of rotatable bonds is 3. The minimum atomic E-state index is -0.344. The first-order valence-corrected chi connectivity index (χ1v) is 9.08. The maximum absolute atomic E-state index is 11.6. The van der Waals surface area contributed by atoms with E-state index in [1.165, 1.54) is 16.8 Å². The van der Waals surface area contributed by atoms with E-state index in [2.05, 4.69) is 47.2 Å². The molecule has 3 rings (SSSR count). The van der Waals surface area contributed by atoms with Crippen molar-refractivity contribution in [3.63, 3.8) is 0 Å². The Morgan fingerprint density at radius 2 is 2.00 bits per heavy atom. The summed E-state index contributed by atoms with van der Waals surface area (Å²) in [5, 5.41) is 2.56. The first-order chi connectivity index (χ1) is 11.6. The van der Waals surface area contributed by atoms with E-state index in [4.69, 9.17) is 4.74 Å². The highest BCUT2D eigenvalue weighted by Crippen LogP contribution is 2.35. The zero-order chi connectivity index (χ0) is 17.1. The molecule has 1 N–H and O–H groups in total. The van der Waals surface area contributed by atoms with Gasteiger partial charge in [0.25, 0.3) is 0 Å². The second-order valence-electron chi connectivity index (χ2n) is 7.04. The monoisotopic (exact) mass is 331 g/mol. The number of amides is 1. The van der Waals surface area contributed by atoms with Gasteiger partial charge in [-0.05, 0) is 56.4 Å². The lowest BCUT2D eigenvalue weighted by atomic mass is 9.89. The zero-order valence-electron chi connectivity index (χ0n) is 15.0. The summed E-state index contributed by atoms with van der Waals surface area (Å²) in [5.41, 5.74) is 3.76. The number of piperazine rings is 1. The second-order valence-corrected chi connectivity index (χ2v) is 7.04. The SMILES string of the molecule is CNC(=O)OC1CCCc2ccc(N3CCN(C(C)C)CC3)cc21. The topological polar surface area (TPSA) is 44.8 Å². The zero-order valence-corrected chi connectivity index (χ0v) is 15.0. The summed E-state index contributed by atoms with van der Waals surface area (Å²) in [5.74, 6) is 0. The number of nitrogens with zero attached hydrogens (tertiary/aromatic N) is 2. The molecule has 132 valence electrons. The Balaban J connectivity index is 1.75. The van der Waals surface area contributed by atoms with Crippen LogP contribution < -0.4 is 10.2 Å². The summed E-state index contributed by atoms with van der Waals surface area (Å²) in [6, 6.07) is 7.30. The van der Waals surface area contributed by atoms with Crippen molar-refractivity contribution in [1.82, 2.24) is 10.2 Å². The van der Waals surface area contributed by atoms with Crippen LogP contribution in [0.4, 0.5) is 10.5 Å². The van der Waals surface area contributed by atoms with E-state index < -0.39 is 0 Å². The fraction of sp³-hybridized carbons (Fsp3) is 0.632. The van der Waals surface area contributed by atoms with E-state index >= 15 is 0 Å². The summed E-state index contributed by atoms with van der Waals surface area (Å²) >= 11 is 0. The van der Waals surface area contributed by atoms with Crippen LogP contribution in [-0.2, 0) is 11.2 Å². The number of benzene rings is 1. The first-order valence-electron chi connectivity index (χ1n) is 9.08. The fourth-order valence-electron chi connectivity index (χ4n) is 3.75. The number of ether oxygens (including phenoxy) is 1. The van der Waals surface area contributed by atoms with E-state index in [1.54, 1.807) is 7.05 Å². The molecule has 0 radical (unpaired) electrons. The Morgan fingerprint density at radius 3 is 2.67 bits per heavy atom. The van der Waals surface area contributed by atoms with Crippen LogP contribution in [0.5, 0.6) is 0 Å². The molecule has 24 heavy (non-hydrogen) atoms. The molecular formula is C19H29N3O2. The number of carbonyl (C=O) groups excluding carboxylic acids is 1. The smallest absolute Gasteiger partial charge is 0.407 e. The minimum absolute atomic E-state index is 0.120. The van der Waals surface area contributed by atoms with Crippen LogP contribution in [0.25, 0.3) is 0 Å².